The summed E-state index contributed by atoms with van der Waals surface area (Å²) in [6.07, 6.45) is 2.90. The molecule has 1 saturated carbocycles. The molecule has 30 heavy (non-hydrogen) atoms. The fraction of sp³-hybridized carbons (Fsp3) is 0.391. The summed E-state index contributed by atoms with van der Waals surface area (Å²) in [7, 11) is 1.43. The average Bonchev–Trinajstić information content (AvgIpc) is 3.57. The highest BCUT2D eigenvalue weighted by Gasteiger charge is 2.55. The molecule has 1 amide bonds. The first-order valence-corrected chi connectivity index (χ1v) is 10.2. The second-order valence-electron chi connectivity index (χ2n) is 7.93. The molecule has 0 radical (unpaired) electrons. The van der Waals surface area contributed by atoms with Crippen molar-refractivity contribution in [3.05, 3.63) is 58.9 Å². The standard InChI is InChI=1S/C23H22FNO5/c1-28-20-8-6-16(24)12-17(20)21(26)15-5-7-19-18(11-15)23(29-9-2-10-30-23)22(27)25(19)13-14-3-4-14/h5-8,11-12,14H,2-4,9-10,13H2,1H3. The van der Waals surface area contributed by atoms with Crippen molar-refractivity contribution in [2.24, 2.45) is 5.92 Å². The first-order valence-electron chi connectivity index (χ1n) is 10.2. The van der Waals surface area contributed by atoms with Crippen molar-refractivity contribution < 1.29 is 28.2 Å². The van der Waals surface area contributed by atoms with Crippen LogP contribution in [0.2, 0.25) is 0 Å². The number of ether oxygens (including phenoxy) is 3. The van der Waals surface area contributed by atoms with Crippen LogP contribution < -0.4 is 9.64 Å². The summed E-state index contributed by atoms with van der Waals surface area (Å²) in [5, 5.41) is 0. The zero-order chi connectivity index (χ0) is 20.9. The molecule has 5 rings (SSSR count). The maximum absolute atomic E-state index is 13.8. The Morgan fingerprint density at radius 2 is 1.97 bits per heavy atom. The summed E-state index contributed by atoms with van der Waals surface area (Å²) in [6, 6.07) is 8.86. The second-order valence-corrected chi connectivity index (χ2v) is 7.93. The molecule has 0 bridgehead atoms. The minimum Gasteiger partial charge on any atom is -0.496 e. The van der Waals surface area contributed by atoms with E-state index in [9.17, 15) is 14.0 Å². The van der Waals surface area contributed by atoms with Crippen molar-refractivity contribution in [2.45, 2.75) is 25.0 Å². The molecule has 7 heteroatoms. The van der Waals surface area contributed by atoms with Crippen LogP contribution in [0.5, 0.6) is 5.75 Å². The zero-order valence-corrected chi connectivity index (χ0v) is 16.7. The van der Waals surface area contributed by atoms with Crippen LogP contribution in [-0.2, 0) is 20.1 Å². The van der Waals surface area contributed by atoms with Crippen molar-refractivity contribution in [1.29, 1.82) is 0 Å². The van der Waals surface area contributed by atoms with Crippen LogP contribution >= 0.6 is 0 Å². The molecular formula is C23H22FNO5. The number of halogens is 1. The maximum atomic E-state index is 13.8. The molecule has 2 heterocycles. The average molecular weight is 411 g/mol. The van der Waals surface area contributed by atoms with Gasteiger partial charge in [0, 0.05) is 17.7 Å². The lowest BCUT2D eigenvalue weighted by molar-refractivity contribution is -0.256. The quantitative estimate of drug-likeness (QED) is 0.706. The Labute approximate surface area is 173 Å². The third-order valence-electron chi connectivity index (χ3n) is 5.87. The number of amides is 1. The molecule has 156 valence electrons. The first-order chi connectivity index (χ1) is 14.5. The number of carbonyl (C=O) groups excluding carboxylic acids is 2. The van der Waals surface area contributed by atoms with E-state index in [1.165, 1.54) is 19.2 Å². The van der Waals surface area contributed by atoms with E-state index in [0.29, 0.717) is 48.9 Å². The van der Waals surface area contributed by atoms with Gasteiger partial charge in [0.25, 0.3) is 11.7 Å². The van der Waals surface area contributed by atoms with Gasteiger partial charge in [-0.1, -0.05) is 0 Å². The van der Waals surface area contributed by atoms with Gasteiger partial charge in [0.2, 0.25) is 0 Å². The van der Waals surface area contributed by atoms with E-state index in [1.807, 2.05) is 0 Å². The van der Waals surface area contributed by atoms with E-state index >= 15 is 0 Å². The summed E-state index contributed by atoms with van der Waals surface area (Å²) in [5.74, 6) is -1.90. The van der Waals surface area contributed by atoms with E-state index in [0.717, 1.165) is 18.9 Å². The van der Waals surface area contributed by atoms with Crippen molar-refractivity contribution >= 4 is 17.4 Å². The Bertz CT molecular complexity index is 1030. The molecule has 3 aliphatic rings. The van der Waals surface area contributed by atoms with Crippen LogP contribution in [0.25, 0.3) is 0 Å². The van der Waals surface area contributed by atoms with Gasteiger partial charge >= 0.3 is 0 Å². The summed E-state index contributed by atoms with van der Waals surface area (Å²) in [4.78, 5) is 28.2. The monoisotopic (exact) mass is 411 g/mol. The fourth-order valence-corrected chi connectivity index (χ4v) is 4.14. The molecule has 0 unspecified atom stereocenters. The molecule has 0 atom stereocenters. The van der Waals surface area contributed by atoms with E-state index < -0.39 is 17.4 Å². The van der Waals surface area contributed by atoms with Crippen molar-refractivity contribution in [3.63, 3.8) is 0 Å². The fourth-order valence-electron chi connectivity index (χ4n) is 4.14. The molecular weight excluding hydrogens is 389 g/mol. The summed E-state index contributed by atoms with van der Waals surface area (Å²) in [5.41, 5.74) is 1.68. The molecule has 2 fully saturated rings. The van der Waals surface area contributed by atoms with Gasteiger partial charge in [0.15, 0.2) is 5.78 Å². The molecule has 1 aliphatic carbocycles. The Morgan fingerprint density at radius 1 is 1.20 bits per heavy atom. The van der Waals surface area contributed by atoms with Gasteiger partial charge in [-0.15, -0.1) is 0 Å². The number of rotatable bonds is 5. The largest absolute Gasteiger partial charge is 0.496 e. The highest BCUT2D eigenvalue weighted by Crippen LogP contribution is 2.47. The van der Waals surface area contributed by atoms with Gasteiger partial charge < -0.3 is 19.1 Å². The zero-order valence-electron chi connectivity index (χ0n) is 16.7. The summed E-state index contributed by atoms with van der Waals surface area (Å²) >= 11 is 0. The van der Waals surface area contributed by atoms with E-state index in [4.69, 9.17) is 14.2 Å². The lowest BCUT2D eigenvalue weighted by atomic mass is 9.97. The SMILES string of the molecule is COc1ccc(F)cc1C(=O)c1ccc2c(c1)C1(OCCCO1)C(=O)N2CC1CC1. The predicted molar refractivity (Wildman–Crippen MR) is 106 cm³/mol. The number of methoxy groups -OCH3 is 1. The maximum Gasteiger partial charge on any atom is 0.292 e. The molecule has 2 aromatic carbocycles. The molecule has 1 spiro atoms. The summed E-state index contributed by atoms with van der Waals surface area (Å²) < 4.78 is 30.8. The van der Waals surface area contributed by atoms with Crippen LogP contribution in [0.4, 0.5) is 10.1 Å². The van der Waals surface area contributed by atoms with Crippen LogP contribution in [-0.4, -0.2) is 38.6 Å². The number of anilines is 1. The van der Waals surface area contributed by atoms with Crippen molar-refractivity contribution in [2.75, 3.05) is 31.8 Å². The third kappa shape index (κ3) is 3.00. The number of hydrogen-bond donors (Lipinski definition) is 0. The normalized spacial score (nSPS) is 19.8. The smallest absolute Gasteiger partial charge is 0.292 e. The van der Waals surface area contributed by atoms with Crippen LogP contribution in [0.3, 0.4) is 0 Å². The van der Waals surface area contributed by atoms with Gasteiger partial charge in [0.1, 0.15) is 11.6 Å². The van der Waals surface area contributed by atoms with Crippen LogP contribution in [0.15, 0.2) is 36.4 Å². The second kappa shape index (κ2) is 7.18. The van der Waals surface area contributed by atoms with Crippen LogP contribution in [0.1, 0.15) is 40.7 Å². The number of fused-ring (bicyclic) bond motifs is 2. The summed E-state index contributed by atoms with van der Waals surface area (Å²) in [6.45, 7) is 1.42. The van der Waals surface area contributed by atoms with Crippen molar-refractivity contribution in [1.82, 2.24) is 0 Å². The topological polar surface area (TPSA) is 65.1 Å². The van der Waals surface area contributed by atoms with Gasteiger partial charge in [-0.2, -0.15) is 0 Å². The van der Waals surface area contributed by atoms with Gasteiger partial charge in [0.05, 0.1) is 31.6 Å². The number of benzene rings is 2. The predicted octanol–water partition coefficient (Wildman–Crippen LogP) is 3.41. The highest BCUT2D eigenvalue weighted by molar-refractivity contribution is 6.13. The van der Waals surface area contributed by atoms with Gasteiger partial charge in [-0.3, -0.25) is 9.59 Å². The third-order valence-corrected chi connectivity index (χ3v) is 5.87. The minimum absolute atomic E-state index is 0.121. The molecule has 2 aromatic rings. The molecule has 2 aliphatic heterocycles. The Balaban J connectivity index is 1.58. The lowest BCUT2D eigenvalue weighted by Crippen LogP contribution is -2.47. The molecule has 6 nitrogen and oxygen atoms in total. The Kier molecular flexibility index (Phi) is 4.60. The van der Waals surface area contributed by atoms with E-state index in [1.54, 1.807) is 23.1 Å². The first kappa shape index (κ1) is 19.2. The molecule has 0 N–H and O–H groups in total. The Morgan fingerprint density at radius 3 is 2.67 bits per heavy atom. The van der Waals surface area contributed by atoms with Crippen molar-refractivity contribution in [3.8, 4) is 5.75 Å². The van der Waals surface area contributed by atoms with Gasteiger partial charge in [-0.25, -0.2) is 4.39 Å². The molecule has 0 aromatic heterocycles. The minimum atomic E-state index is -1.51. The highest BCUT2D eigenvalue weighted by atomic mass is 19.1. The van der Waals surface area contributed by atoms with E-state index in [2.05, 4.69) is 0 Å². The lowest BCUT2D eigenvalue weighted by Gasteiger charge is -2.32. The molecule has 1 saturated heterocycles. The number of hydrogen-bond acceptors (Lipinski definition) is 5. The Hall–Kier alpha value is -2.77. The van der Waals surface area contributed by atoms with E-state index in [-0.39, 0.29) is 17.2 Å². The van der Waals surface area contributed by atoms with Gasteiger partial charge in [-0.05, 0) is 61.6 Å². The number of carbonyl (C=O) groups is 2. The number of nitrogens with zero attached hydrogens (tertiary/aromatic N) is 1. The van der Waals surface area contributed by atoms with Crippen LogP contribution in [0, 0.1) is 11.7 Å². The number of ketones is 1.